The van der Waals surface area contributed by atoms with Crippen molar-refractivity contribution in [2.45, 2.75) is 47.5 Å². The number of aromatic nitrogens is 3. The van der Waals surface area contributed by atoms with Crippen molar-refractivity contribution in [2.75, 3.05) is 0 Å². The number of carbonyl (C=O) groups is 3. The predicted octanol–water partition coefficient (Wildman–Crippen LogP) is 3.48. The van der Waals surface area contributed by atoms with E-state index in [1.54, 1.807) is 19.1 Å². The first-order valence-electron chi connectivity index (χ1n) is 13.9. The van der Waals surface area contributed by atoms with Crippen LogP contribution in [0.15, 0.2) is 18.0 Å². The number of carbonyl (C=O) groups excluding carboxylic acids is 2. The Bertz CT molecular complexity index is 1880. The molecule has 6 rings (SSSR count). The van der Waals surface area contributed by atoms with E-state index in [0.29, 0.717) is 74.3 Å². The number of aldehydes is 1. The van der Waals surface area contributed by atoms with Crippen LogP contribution in [-0.2, 0) is 11.2 Å². The molecule has 3 aromatic rings. The number of allylic oxidation sites excluding steroid dienone is 2. The number of nitrogens with zero attached hydrogens (tertiary/aromatic N) is 4. The van der Waals surface area contributed by atoms with E-state index in [9.17, 15) is 19.5 Å². The first-order valence-corrected chi connectivity index (χ1v) is 13.9. The molecule has 5 heterocycles. The van der Waals surface area contributed by atoms with Gasteiger partial charge < -0.3 is 25.4 Å². The van der Waals surface area contributed by atoms with E-state index in [4.69, 9.17) is 20.3 Å². The van der Waals surface area contributed by atoms with Gasteiger partial charge in [-0.3, -0.25) is 14.4 Å². The second kappa shape index (κ2) is 10.8. The number of fused-ring (bicyclic) bond motifs is 7. The Morgan fingerprint density at radius 2 is 1.69 bits per heavy atom. The molecule has 0 aromatic carbocycles. The molecule has 8 nitrogen and oxygen atoms in total. The van der Waals surface area contributed by atoms with Gasteiger partial charge in [-0.25, -0.2) is 0 Å². The van der Waals surface area contributed by atoms with E-state index in [1.165, 1.54) is 0 Å². The van der Waals surface area contributed by atoms with E-state index >= 15 is 0 Å². The van der Waals surface area contributed by atoms with E-state index in [1.807, 2.05) is 32.9 Å². The molecule has 0 saturated carbocycles. The van der Waals surface area contributed by atoms with Gasteiger partial charge in [0.25, 0.3) is 0 Å². The van der Waals surface area contributed by atoms with Gasteiger partial charge in [-0.1, -0.05) is 80.3 Å². The van der Waals surface area contributed by atoms with Crippen LogP contribution >= 0.6 is 0 Å². The van der Waals surface area contributed by atoms with Crippen LogP contribution in [0.2, 0.25) is 0 Å². The van der Waals surface area contributed by atoms with E-state index < -0.39 is 17.7 Å². The van der Waals surface area contributed by atoms with Gasteiger partial charge in [0.15, 0.2) is 5.78 Å². The van der Waals surface area contributed by atoms with E-state index in [2.05, 4.69) is 13.5 Å². The fourth-order valence-electron chi connectivity index (χ4n) is 6.65. The number of Topliss-reactive ketones (excluding diaryl/α,β-unsaturated/α-hetero) is 1. The zero-order chi connectivity index (χ0) is 29.3. The summed E-state index contributed by atoms with van der Waals surface area (Å²) >= 11 is 0. The molecule has 0 radical (unpaired) electrons. The van der Waals surface area contributed by atoms with Crippen LogP contribution in [0.4, 0.5) is 0 Å². The third-order valence-corrected chi connectivity index (χ3v) is 8.88. The van der Waals surface area contributed by atoms with Crippen molar-refractivity contribution in [1.29, 1.82) is 0 Å². The molecular weight excluding hydrogens is 541 g/mol. The molecule has 3 aliphatic rings. The third kappa shape index (κ3) is 4.12. The van der Waals surface area contributed by atoms with Gasteiger partial charge in [-0.15, -0.1) is 33.5 Å². The first kappa shape index (κ1) is 29.7. The fraction of sp³-hybridized carbons (Fsp3) is 0.303. The number of aliphatic carboxylic acids is 1. The minimum Gasteiger partial charge on any atom is -0.664 e. The van der Waals surface area contributed by atoms with Gasteiger partial charge in [-0.05, 0) is 37.7 Å². The molecule has 210 valence electrons. The smallest absolute Gasteiger partial charge is 0.664 e. The fourth-order valence-corrected chi connectivity index (χ4v) is 6.65. The van der Waals surface area contributed by atoms with Crippen molar-refractivity contribution >= 4 is 71.0 Å². The number of rotatable bonds is 5. The summed E-state index contributed by atoms with van der Waals surface area (Å²) in [5.74, 6) is -3.16. The van der Waals surface area contributed by atoms with Gasteiger partial charge >= 0.3 is 29.0 Å². The maximum atomic E-state index is 13.6. The van der Waals surface area contributed by atoms with Crippen molar-refractivity contribution in [3.63, 3.8) is 0 Å². The summed E-state index contributed by atoms with van der Waals surface area (Å²) < 4.78 is 0. The number of hydrogen-bond acceptors (Lipinski definition) is 3. The standard InChI is InChI=1S/C33H32N4O4.Mg/c1-7-17-14(4)21-10-22-15(5)18(8-2)30(36-22)28-29(33(40)41)32(39)27-16(6)23(37-31(27)28)11-25-19(9-3)20(13-38)26(35-25)12-24(17)34-21;/h7,10-13,15,18,29H,1,8-9H2,2-6H3,(H3,36,37,38,39,40,41);/q-2;+2/p-2/b22-10-,26-12-;/t15-,18-,29+;/m0./s1. The molecule has 3 aromatic heterocycles. The van der Waals surface area contributed by atoms with Crippen molar-refractivity contribution in [3.05, 3.63) is 90.1 Å². The average molecular weight is 571 g/mol. The Hall–Kier alpha value is -3.82. The minimum absolute atomic E-state index is 0. The quantitative estimate of drug-likeness (QED) is 0.282. The van der Waals surface area contributed by atoms with Crippen LogP contribution in [0, 0.1) is 31.6 Å². The molecule has 0 amide bonds. The second-order valence-electron chi connectivity index (χ2n) is 10.9. The molecule has 2 aliphatic heterocycles. The van der Waals surface area contributed by atoms with Gasteiger partial charge in [-0.2, -0.15) is 11.4 Å². The number of carboxylic acid groups (broad SMARTS) is 1. The van der Waals surface area contributed by atoms with Crippen molar-refractivity contribution in [1.82, 2.24) is 15.0 Å². The normalized spacial score (nSPS) is 24.9. The first-order chi connectivity index (χ1) is 19.6. The summed E-state index contributed by atoms with van der Waals surface area (Å²) in [6.45, 7) is 13.8. The zero-order valence-corrected chi connectivity index (χ0v) is 25.8. The van der Waals surface area contributed by atoms with E-state index in [-0.39, 0.29) is 34.9 Å². The molecule has 0 spiro atoms. The Kier molecular flexibility index (Phi) is 7.61. The Morgan fingerprint density at radius 3 is 2.31 bits per heavy atom. The molecule has 0 unspecified atom stereocenters. The van der Waals surface area contributed by atoms with Crippen LogP contribution in [0.25, 0.3) is 35.2 Å². The summed E-state index contributed by atoms with van der Waals surface area (Å²) in [7, 11) is 0. The average Bonchev–Trinajstić information content (AvgIpc) is 3.68. The Labute approximate surface area is 259 Å². The van der Waals surface area contributed by atoms with Gasteiger partial charge in [0.2, 0.25) is 0 Å². The molecule has 42 heavy (non-hydrogen) atoms. The minimum atomic E-state index is -1.36. The monoisotopic (exact) mass is 570 g/mol. The van der Waals surface area contributed by atoms with Crippen LogP contribution in [0.5, 0.6) is 0 Å². The summed E-state index contributed by atoms with van der Waals surface area (Å²) in [6, 6.07) is 0. The van der Waals surface area contributed by atoms with Crippen LogP contribution < -0.4 is 25.7 Å². The molecule has 1 N–H and O–H groups in total. The van der Waals surface area contributed by atoms with Gasteiger partial charge in [0, 0.05) is 11.1 Å². The number of ketones is 1. The summed E-state index contributed by atoms with van der Waals surface area (Å²) in [6.07, 6.45) is 9.38. The van der Waals surface area contributed by atoms with Gasteiger partial charge in [0.05, 0.1) is 0 Å². The molecule has 8 bridgehead atoms. The third-order valence-electron chi connectivity index (χ3n) is 8.88. The van der Waals surface area contributed by atoms with E-state index in [0.717, 1.165) is 28.7 Å². The van der Waals surface area contributed by atoms with Crippen molar-refractivity contribution in [2.24, 2.45) is 17.8 Å². The summed E-state index contributed by atoms with van der Waals surface area (Å²) in [5, 5.41) is 16.3. The van der Waals surface area contributed by atoms with Crippen LogP contribution in [0.1, 0.15) is 92.9 Å². The molecule has 9 heteroatoms. The molecule has 1 aliphatic carbocycles. The predicted molar refractivity (Wildman–Crippen MR) is 162 cm³/mol. The summed E-state index contributed by atoms with van der Waals surface area (Å²) in [5.41, 5.74) is 7.97. The van der Waals surface area contributed by atoms with Gasteiger partial charge in [0.1, 0.15) is 12.2 Å². The van der Waals surface area contributed by atoms with Crippen LogP contribution in [0.3, 0.4) is 0 Å². The Morgan fingerprint density at radius 1 is 1.00 bits per heavy atom. The molecule has 1 fully saturated rings. The molecule has 3 atom stereocenters. The molecule has 1 saturated heterocycles. The number of hydrogen-bond donors (Lipinski definition) is 1. The van der Waals surface area contributed by atoms with Crippen molar-refractivity contribution < 1.29 is 19.5 Å². The largest absolute Gasteiger partial charge is 2.00 e. The van der Waals surface area contributed by atoms with Crippen molar-refractivity contribution in [3.8, 4) is 0 Å². The molecular formula is C33H30MgN4O4-2. The second-order valence-corrected chi connectivity index (χ2v) is 10.9. The SMILES string of the molecule is C=Cc1c2[n-]c(c1C)/C=C1\[N-]/C(=C3\c4[n-]c(c(C)c4C(=O)[C@@H]3C(=O)O)/C=c3\[n-]/c(c(C=O)c3CC)=C\2)[C@@H](CC)[C@@H]1C.[Mg+2]. The maximum absolute atomic E-state index is 13.6. The summed E-state index contributed by atoms with van der Waals surface area (Å²) in [4.78, 5) is 53.0. The topological polar surface area (TPSA) is 128 Å². The number of carboxylic acids is 1. The van der Waals surface area contributed by atoms with Crippen LogP contribution in [-0.4, -0.2) is 46.2 Å². The zero-order valence-electron chi connectivity index (χ0n) is 24.4. The maximum Gasteiger partial charge on any atom is 2.00 e. The Balaban J connectivity index is 0.00000353.